The lowest BCUT2D eigenvalue weighted by molar-refractivity contribution is -0.131. The summed E-state index contributed by atoms with van der Waals surface area (Å²) < 4.78 is 0. The van der Waals surface area contributed by atoms with Gasteiger partial charge in [0.05, 0.1) is 5.92 Å². The lowest BCUT2D eigenvalue weighted by Crippen LogP contribution is -2.50. The van der Waals surface area contributed by atoms with E-state index < -0.39 is 0 Å². The summed E-state index contributed by atoms with van der Waals surface area (Å²) >= 11 is 0. The molecule has 4 unspecified atom stereocenters. The molecule has 1 aromatic heterocycles. The molecule has 2 heterocycles. The Morgan fingerprint density at radius 1 is 1.07 bits per heavy atom. The summed E-state index contributed by atoms with van der Waals surface area (Å²) in [5, 5.41) is 2.95. The highest BCUT2D eigenvalue weighted by molar-refractivity contribution is 5.85. The van der Waals surface area contributed by atoms with Crippen molar-refractivity contribution in [2.24, 2.45) is 23.5 Å². The van der Waals surface area contributed by atoms with Crippen LogP contribution >= 0.6 is 24.8 Å². The molecule has 1 aromatic rings. The van der Waals surface area contributed by atoms with E-state index in [1.807, 2.05) is 4.90 Å². The van der Waals surface area contributed by atoms with Crippen molar-refractivity contribution in [1.29, 1.82) is 0 Å². The highest BCUT2D eigenvalue weighted by atomic mass is 35.5. The Bertz CT molecular complexity index is 685. The van der Waals surface area contributed by atoms with Crippen LogP contribution in [0.1, 0.15) is 25.7 Å². The Labute approximate surface area is 183 Å². The van der Waals surface area contributed by atoms with Gasteiger partial charge in [-0.05, 0) is 37.2 Å². The number of nitrogens with two attached hydrogens (primary N) is 1. The smallest absolute Gasteiger partial charge is 0.225 e. The molecule has 4 rings (SSSR count). The fourth-order valence-corrected chi connectivity index (χ4v) is 4.90. The Balaban J connectivity index is 0.00000150. The molecule has 8 nitrogen and oxygen atoms in total. The number of halogens is 2. The maximum atomic E-state index is 12.5. The largest absolute Gasteiger partial charge is 0.355 e. The van der Waals surface area contributed by atoms with Gasteiger partial charge in [0.2, 0.25) is 17.8 Å². The van der Waals surface area contributed by atoms with Crippen LogP contribution in [0, 0.1) is 17.8 Å². The van der Waals surface area contributed by atoms with E-state index in [9.17, 15) is 9.59 Å². The second-order valence-electron chi connectivity index (χ2n) is 7.89. The molecule has 4 atom stereocenters. The van der Waals surface area contributed by atoms with Crippen molar-refractivity contribution in [1.82, 2.24) is 20.2 Å². The van der Waals surface area contributed by atoms with Gasteiger partial charge in [-0.25, -0.2) is 9.97 Å². The zero-order valence-electron chi connectivity index (χ0n) is 16.4. The van der Waals surface area contributed by atoms with Crippen LogP contribution in [0.4, 0.5) is 5.95 Å². The molecule has 2 amide bonds. The minimum atomic E-state index is -0.0618. The van der Waals surface area contributed by atoms with Crippen molar-refractivity contribution < 1.29 is 9.59 Å². The van der Waals surface area contributed by atoms with Crippen molar-refractivity contribution in [3.63, 3.8) is 0 Å². The van der Waals surface area contributed by atoms with E-state index in [4.69, 9.17) is 5.73 Å². The molecule has 1 aliphatic heterocycles. The van der Waals surface area contributed by atoms with Gasteiger partial charge in [-0.2, -0.15) is 0 Å². The highest BCUT2D eigenvalue weighted by Gasteiger charge is 2.48. The molecule has 3 fully saturated rings. The van der Waals surface area contributed by atoms with E-state index in [1.165, 1.54) is 0 Å². The van der Waals surface area contributed by atoms with Gasteiger partial charge in [-0.3, -0.25) is 9.59 Å². The monoisotopic (exact) mass is 444 g/mol. The molecule has 162 valence electrons. The molecule has 10 heteroatoms. The van der Waals surface area contributed by atoms with Crippen LogP contribution in [0.5, 0.6) is 0 Å². The molecule has 29 heavy (non-hydrogen) atoms. The van der Waals surface area contributed by atoms with Gasteiger partial charge in [-0.1, -0.05) is 0 Å². The zero-order valence-corrected chi connectivity index (χ0v) is 18.0. The molecule has 3 aliphatic rings. The van der Waals surface area contributed by atoms with Crippen LogP contribution < -0.4 is 16.0 Å². The number of hydrogen-bond donors (Lipinski definition) is 2. The molecule has 0 aromatic carbocycles. The zero-order chi connectivity index (χ0) is 18.8. The van der Waals surface area contributed by atoms with E-state index in [2.05, 4.69) is 20.2 Å². The van der Waals surface area contributed by atoms with Gasteiger partial charge < -0.3 is 20.9 Å². The maximum Gasteiger partial charge on any atom is 0.225 e. The Morgan fingerprint density at radius 2 is 1.72 bits per heavy atom. The third kappa shape index (κ3) is 5.10. The Morgan fingerprint density at radius 3 is 2.34 bits per heavy atom. The third-order valence-electron chi connectivity index (χ3n) is 6.39. The van der Waals surface area contributed by atoms with Crippen LogP contribution in [0.25, 0.3) is 0 Å². The molecular formula is C19H30Cl2N6O2. The number of amides is 2. The van der Waals surface area contributed by atoms with Crippen molar-refractivity contribution in [3.05, 3.63) is 18.5 Å². The number of nitrogens with zero attached hydrogens (tertiary/aromatic N) is 4. The maximum absolute atomic E-state index is 12.5. The van der Waals surface area contributed by atoms with Crippen LogP contribution in [0.2, 0.25) is 0 Å². The summed E-state index contributed by atoms with van der Waals surface area (Å²) in [6.07, 6.45) is 7.16. The van der Waals surface area contributed by atoms with E-state index >= 15 is 0 Å². The van der Waals surface area contributed by atoms with Gasteiger partial charge in [0, 0.05) is 57.6 Å². The molecule has 1 saturated heterocycles. The summed E-state index contributed by atoms with van der Waals surface area (Å²) in [5.74, 6) is 1.72. The fourth-order valence-electron chi connectivity index (χ4n) is 4.90. The molecule has 2 aliphatic carbocycles. The average molecular weight is 445 g/mol. The first-order valence-electron chi connectivity index (χ1n) is 9.96. The Hall–Kier alpha value is -1.64. The number of anilines is 1. The normalized spacial score (nSPS) is 27.8. The molecule has 0 radical (unpaired) electrons. The number of carbonyl (C=O) groups excluding carboxylic acids is 2. The van der Waals surface area contributed by atoms with Gasteiger partial charge >= 0.3 is 0 Å². The van der Waals surface area contributed by atoms with Gasteiger partial charge in [0.1, 0.15) is 0 Å². The predicted octanol–water partition coefficient (Wildman–Crippen LogP) is 0.849. The number of piperazine rings is 1. The van der Waals surface area contributed by atoms with E-state index in [0.717, 1.165) is 32.4 Å². The summed E-state index contributed by atoms with van der Waals surface area (Å²) in [7, 11) is 0. The van der Waals surface area contributed by atoms with Crippen molar-refractivity contribution >= 4 is 42.6 Å². The Kier molecular flexibility index (Phi) is 8.48. The van der Waals surface area contributed by atoms with Crippen molar-refractivity contribution in [2.45, 2.75) is 31.7 Å². The van der Waals surface area contributed by atoms with Crippen molar-refractivity contribution in [3.8, 4) is 0 Å². The van der Waals surface area contributed by atoms with Gasteiger partial charge in [0.15, 0.2) is 0 Å². The van der Waals surface area contributed by atoms with Gasteiger partial charge in [0.25, 0.3) is 0 Å². The number of nitrogens with one attached hydrogen (secondary N) is 1. The third-order valence-corrected chi connectivity index (χ3v) is 6.39. The second-order valence-corrected chi connectivity index (χ2v) is 7.89. The molecule has 0 spiro atoms. The summed E-state index contributed by atoms with van der Waals surface area (Å²) in [6.45, 7) is 3.15. The second kappa shape index (κ2) is 10.4. The van der Waals surface area contributed by atoms with Crippen LogP contribution in [-0.4, -0.2) is 65.4 Å². The van der Waals surface area contributed by atoms with Gasteiger partial charge in [-0.15, -0.1) is 24.8 Å². The topological polar surface area (TPSA) is 104 Å². The SMILES string of the molecule is Cl.Cl.NC1C2CCC(C2)C1C(=O)NCCC(=O)N1CCN(c2ncccn2)CC1. The summed E-state index contributed by atoms with van der Waals surface area (Å²) in [6, 6.07) is 1.79. The van der Waals surface area contributed by atoms with E-state index in [1.54, 1.807) is 18.5 Å². The van der Waals surface area contributed by atoms with Crippen molar-refractivity contribution in [2.75, 3.05) is 37.6 Å². The molecular weight excluding hydrogens is 415 g/mol. The van der Waals surface area contributed by atoms with Crippen LogP contribution in [-0.2, 0) is 9.59 Å². The predicted molar refractivity (Wildman–Crippen MR) is 115 cm³/mol. The fraction of sp³-hybridized carbons (Fsp3) is 0.684. The molecule has 2 saturated carbocycles. The quantitative estimate of drug-likeness (QED) is 0.697. The molecule has 3 N–H and O–H groups in total. The first-order valence-corrected chi connectivity index (χ1v) is 9.96. The van der Waals surface area contributed by atoms with E-state index in [-0.39, 0.29) is 48.6 Å². The number of aromatic nitrogens is 2. The number of hydrogen-bond acceptors (Lipinski definition) is 6. The first kappa shape index (κ1) is 23.6. The number of fused-ring (bicyclic) bond motifs is 2. The summed E-state index contributed by atoms with van der Waals surface area (Å²) in [5.41, 5.74) is 6.22. The first-order chi connectivity index (χ1) is 13.1. The highest BCUT2D eigenvalue weighted by Crippen LogP contribution is 2.47. The summed E-state index contributed by atoms with van der Waals surface area (Å²) in [4.78, 5) is 37.4. The average Bonchev–Trinajstić information content (AvgIpc) is 3.30. The number of carbonyl (C=O) groups is 2. The minimum absolute atomic E-state index is 0. The minimum Gasteiger partial charge on any atom is -0.355 e. The standard InChI is InChI=1S/C19H28N6O2.2ClH/c20-17-14-3-2-13(12-14)16(17)18(27)21-7-4-15(26)24-8-10-25(11-9-24)19-22-5-1-6-23-19;;/h1,5-6,13-14,16-17H,2-4,7-12,20H2,(H,21,27);2*1H. The number of rotatable bonds is 5. The lowest BCUT2D eigenvalue weighted by atomic mass is 9.84. The molecule has 2 bridgehead atoms. The van der Waals surface area contributed by atoms with Crippen LogP contribution in [0.3, 0.4) is 0 Å². The van der Waals surface area contributed by atoms with Crippen LogP contribution in [0.15, 0.2) is 18.5 Å². The van der Waals surface area contributed by atoms with E-state index in [0.29, 0.717) is 43.8 Å². The lowest BCUT2D eigenvalue weighted by Gasteiger charge is -2.34.